The van der Waals surface area contributed by atoms with Crippen LogP contribution in [0.5, 0.6) is 5.75 Å². The summed E-state index contributed by atoms with van der Waals surface area (Å²) in [7, 11) is -0.917. The number of halogens is 3. The molecule has 0 atom stereocenters. The number of alkyl halides is 3. The Hall–Kier alpha value is -3.44. The predicted molar refractivity (Wildman–Crippen MR) is 167 cm³/mol. The summed E-state index contributed by atoms with van der Waals surface area (Å²) >= 11 is 0. The summed E-state index contributed by atoms with van der Waals surface area (Å²) in [5.41, 5.74) is 2.45. The molecule has 3 heterocycles. The van der Waals surface area contributed by atoms with Gasteiger partial charge in [-0.25, -0.2) is 13.1 Å². The highest BCUT2D eigenvalue weighted by molar-refractivity contribution is 7.89. The van der Waals surface area contributed by atoms with Crippen LogP contribution in [-0.4, -0.2) is 83.2 Å². The maximum atomic E-state index is 13.7. The van der Waals surface area contributed by atoms with Gasteiger partial charge in [-0.05, 0) is 69.0 Å². The number of likely N-dealkylation sites (tertiary alicyclic amines) is 1. The third kappa shape index (κ3) is 6.74. The highest BCUT2D eigenvalue weighted by Crippen LogP contribution is 2.41. The molecular weight excluding hydrogens is 607 g/mol. The Morgan fingerprint density at radius 3 is 2.47 bits per heavy atom. The first-order valence-electron chi connectivity index (χ1n) is 15.1. The van der Waals surface area contributed by atoms with E-state index < -0.39 is 22.7 Å². The third-order valence-corrected chi connectivity index (χ3v) is 10.5. The maximum Gasteiger partial charge on any atom is 0.406 e. The molecule has 1 aromatic heterocycles. The Morgan fingerprint density at radius 1 is 1.07 bits per heavy atom. The van der Waals surface area contributed by atoms with Crippen molar-refractivity contribution in [3.8, 4) is 17.6 Å². The molecule has 6 rings (SSSR count). The number of benzene rings is 2. The van der Waals surface area contributed by atoms with Crippen molar-refractivity contribution < 1.29 is 31.1 Å². The number of aromatic nitrogens is 1. The lowest BCUT2D eigenvalue weighted by molar-refractivity contribution is -0.200. The Morgan fingerprint density at radius 2 is 1.82 bits per heavy atom. The van der Waals surface area contributed by atoms with E-state index in [9.17, 15) is 21.6 Å². The fraction of sp³-hybridized carbons (Fsp3) is 0.500. The van der Waals surface area contributed by atoms with Gasteiger partial charge in [-0.3, -0.25) is 4.90 Å². The summed E-state index contributed by atoms with van der Waals surface area (Å²) in [6, 6.07) is 12.3. The van der Waals surface area contributed by atoms with Gasteiger partial charge in [-0.1, -0.05) is 12.0 Å². The van der Waals surface area contributed by atoms with E-state index in [-0.39, 0.29) is 23.2 Å². The zero-order valence-electron chi connectivity index (χ0n) is 25.3. The summed E-state index contributed by atoms with van der Waals surface area (Å²) in [4.78, 5) is 2.62. The number of methoxy groups -OCH3 is 1. The number of hydrogen-bond acceptors (Lipinski definition) is 7. The molecule has 1 spiro atoms. The fourth-order valence-electron chi connectivity index (χ4n) is 6.69. The minimum atomic E-state index is -4.42. The number of sulfonamides is 1. The third-order valence-electron chi connectivity index (χ3n) is 9.09. The number of ether oxygens (including phenoxy) is 2. The maximum absolute atomic E-state index is 13.7. The van der Waals surface area contributed by atoms with Crippen LogP contribution < -0.4 is 20.1 Å². The largest absolute Gasteiger partial charge is 0.495 e. The Bertz CT molecular complexity index is 1710. The summed E-state index contributed by atoms with van der Waals surface area (Å²) in [5.74, 6) is 6.13. The van der Waals surface area contributed by atoms with Crippen LogP contribution in [0.25, 0.3) is 10.9 Å². The van der Waals surface area contributed by atoms with Crippen molar-refractivity contribution in [3.05, 3.63) is 48.2 Å². The van der Waals surface area contributed by atoms with Crippen LogP contribution in [0.4, 0.5) is 24.5 Å². The molecule has 13 heteroatoms. The van der Waals surface area contributed by atoms with Crippen molar-refractivity contribution >= 4 is 32.3 Å². The van der Waals surface area contributed by atoms with Gasteiger partial charge in [0.05, 0.1) is 48.7 Å². The van der Waals surface area contributed by atoms with Crippen molar-refractivity contribution in [1.82, 2.24) is 14.2 Å². The molecule has 3 fully saturated rings. The van der Waals surface area contributed by atoms with Crippen molar-refractivity contribution in [2.75, 3.05) is 57.6 Å². The van der Waals surface area contributed by atoms with Crippen LogP contribution in [-0.2, 0) is 21.3 Å². The molecule has 2 saturated heterocycles. The van der Waals surface area contributed by atoms with E-state index in [0.29, 0.717) is 33.8 Å². The lowest BCUT2D eigenvalue weighted by Gasteiger charge is -2.58. The normalized spacial score (nSPS) is 21.4. The first kappa shape index (κ1) is 31.5. The topological polar surface area (TPSA) is 96.9 Å². The molecule has 0 amide bonds. The average Bonchev–Trinajstić information content (AvgIpc) is 3.31. The van der Waals surface area contributed by atoms with Gasteiger partial charge in [0.15, 0.2) is 0 Å². The van der Waals surface area contributed by atoms with Gasteiger partial charge in [-0.15, -0.1) is 0 Å². The van der Waals surface area contributed by atoms with Crippen LogP contribution in [0.3, 0.4) is 0 Å². The average molecular weight is 646 g/mol. The number of anilines is 2. The van der Waals surface area contributed by atoms with Crippen molar-refractivity contribution in [2.24, 2.45) is 5.41 Å². The van der Waals surface area contributed by atoms with Gasteiger partial charge in [0.25, 0.3) is 0 Å². The molecule has 9 nitrogen and oxygen atoms in total. The second kappa shape index (κ2) is 12.4. The van der Waals surface area contributed by atoms with Gasteiger partial charge >= 0.3 is 6.18 Å². The second-order valence-corrected chi connectivity index (χ2v) is 14.1. The first-order chi connectivity index (χ1) is 21.5. The second-order valence-electron chi connectivity index (χ2n) is 12.2. The quantitative estimate of drug-likeness (QED) is 0.292. The van der Waals surface area contributed by atoms with Crippen LogP contribution in [0.2, 0.25) is 0 Å². The van der Waals surface area contributed by atoms with E-state index in [2.05, 4.69) is 32.1 Å². The molecule has 2 aliphatic heterocycles. The molecule has 2 aromatic carbocycles. The number of rotatable bonds is 9. The number of hydrogen-bond donors (Lipinski definition) is 3. The predicted octanol–water partition coefficient (Wildman–Crippen LogP) is 4.64. The van der Waals surface area contributed by atoms with Crippen LogP contribution >= 0.6 is 0 Å². The minimum absolute atomic E-state index is 0.0427. The van der Waals surface area contributed by atoms with E-state index in [1.54, 1.807) is 24.3 Å². The molecule has 3 N–H and O–H groups in total. The Balaban J connectivity index is 1.16. The lowest BCUT2D eigenvalue weighted by Crippen LogP contribution is -2.68. The van der Waals surface area contributed by atoms with Gasteiger partial charge in [0, 0.05) is 47.7 Å². The standard InChI is InChI=1S/C32H38F3N5O4S/c1-36-45(41,42)25-12-13-28(30(16-25)43-2)37-14-4-5-24-15-26-27(6-3-7-29(26)40(24)19-32(33,34)35)38-22-8-10-23(11-9-22)39-17-31(18-39)20-44-21-31/h3,6-7,12-13,15-16,22-23,36-38H,8-11,14,17-21H2,1-2H3. The SMILES string of the molecule is CNS(=O)(=O)c1ccc(NCC#Cc2cc3c(NC4CCC(N5CC6(COC6)C5)CC4)cccc3n2CC(F)(F)F)c(OC)c1. The Kier molecular flexibility index (Phi) is 8.69. The highest BCUT2D eigenvalue weighted by atomic mass is 32.2. The number of nitrogens with zero attached hydrogens (tertiary/aromatic N) is 2. The summed E-state index contributed by atoms with van der Waals surface area (Å²) in [6.07, 6.45) is -0.210. The van der Waals surface area contributed by atoms with Gasteiger partial charge in [0.1, 0.15) is 12.3 Å². The molecule has 3 aromatic rings. The molecule has 0 bridgehead atoms. The summed E-state index contributed by atoms with van der Waals surface area (Å²) in [6.45, 7) is 2.97. The fourth-order valence-corrected chi connectivity index (χ4v) is 7.44. The van der Waals surface area contributed by atoms with Crippen LogP contribution in [0.1, 0.15) is 31.4 Å². The number of fused-ring (bicyclic) bond motifs is 1. The summed E-state index contributed by atoms with van der Waals surface area (Å²) < 4.78 is 79.5. The van der Waals surface area contributed by atoms with E-state index >= 15 is 0 Å². The molecule has 0 radical (unpaired) electrons. The van der Waals surface area contributed by atoms with Gasteiger partial charge < -0.3 is 24.7 Å². The van der Waals surface area contributed by atoms with Gasteiger partial charge in [0.2, 0.25) is 10.0 Å². The van der Waals surface area contributed by atoms with E-state index in [0.717, 1.165) is 57.7 Å². The lowest BCUT2D eigenvalue weighted by atomic mass is 9.75. The van der Waals surface area contributed by atoms with Crippen LogP contribution in [0, 0.1) is 17.3 Å². The first-order valence-corrected chi connectivity index (χ1v) is 16.6. The molecule has 242 valence electrons. The molecule has 1 aliphatic carbocycles. The Labute approximate surface area is 261 Å². The zero-order valence-corrected chi connectivity index (χ0v) is 26.2. The van der Waals surface area contributed by atoms with E-state index in [1.165, 1.54) is 30.9 Å². The van der Waals surface area contributed by atoms with Crippen molar-refractivity contribution in [1.29, 1.82) is 0 Å². The molecule has 0 unspecified atom stereocenters. The molecule has 3 aliphatic rings. The van der Waals surface area contributed by atoms with E-state index in [4.69, 9.17) is 9.47 Å². The monoisotopic (exact) mass is 645 g/mol. The van der Waals surface area contributed by atoms with Crippen molar-refractivity contribution in [2.45, 2.75) is 55.4 Å². The minimum Gasteiger partial charge on any atom is -0.495 e. The molecule has 1 saturated carbocycles. The van der Waals surface area contributed by atoms with Gasteiger partial charge in [-0.2, -0.15) is 13.2 Å². The highest BCUT2D eigenvalue weighted by Gasteiger charge is 2.50. The zero-order chi connectivity index (χ0) is 31.8. The molecule has 45 heavy (non-hydrogen) atoms. The van der Waals surface area contributed by atoms with Crippen molar-refractivity contribution in [3.63, 3.8) is 0 Å². The van der Waals surface area contributed by atoms with Crippen LogP contribution in [0.15, 0.2) is 47.4 Å². The summed E-state index contributed by atoms with van der Waals surface area (Å²) in [5, 5.41) is 7.40. The van der Waals surface area contributed by atoms with E-state index in [1.807, 2.05) is 6.07 Å². The number of nitrogens with one attached hydrogen (secondary N) is 3. The smallest absolute Gasteiger partial charge is 0.406 e. The molecular formula is C32H38F3N5O4S.